The van der Waals surface area contributed by atoms with Crippen LogP contribution in [-0.2, 0) is 13.5 Å². The Labute approximate surface area is 120 Å². The van der Waals surface area contributed by atoms with Gasteiger partial charge in [-0.05, 0) is 31.4 Å². The van der Waals surface area contributed by atoms with E-state index in [4.69, 9.17) is 5.10 Å². The van der Waals surface area contributed by atoms with E-state index in [0.29, 0.717) is 0 Å². The number of aromatic nitrogens is 2. The van der Waals surface area contributed by atoms with Crippen LogP contribution in [0.1, 0.15) is 18.4 Å². The molecule has 0 radical (unpaired) electrons. The highest BCUT2D eigenvalue weighted by Crippen LogP contribution is 2.32. The standard InChI is InChI=1S/C16H22N4/c1-19(2)13-8-6-7-12(11-13)15-14-9-4-5-10-17-16(14)20(3)18-15/h6-8,11,17H,4-5,9-10H2,1-3H3. The molecule has 0 saturated heterocycles. The first-order valence-electron chi connectivity index (χ1n) is 7.24. The van der Waals surface area contributed by atoms with Crippen molar-refractivity contribution in [3.63, 3.8) is 0 Å². The second kappa shape index (κ2) is 5.19. The molecule has 1 aromatic carbocycles. The summed E-state index contributed by atoms with van der Waals surface area (Å²) in [6, 6.07) is 8.60. The molecule has 0 atom stereocenters. The molecule has 0 aliphatic carbocycles. The fraction of sp³-hybridized carbons (Fsp3) is 0.438. The van der Waals surface area contributed by atoms with Crippen molar-refractivity contribution >= 4 is 11.5 Å². The second-order valence-electron chi connectivity index (χ2n) is 5.63. The average molecular weight is 270 g/mol. The zero-order chi connectivity index (χ0) is 14.1. The first-order chi connectivity index (χ1) is 9.66. The number of hydrogen-bond donors (Lipinski definition) is 1. The maximum absolute atomic E-state index is 4.74. The molecule has 0 spiro atoms. The maximum Gasteiger partial charge on any atom is 0.127 e. The molecule has 0 bridgehead atoms. The fourth-order valence-electron chi connectivity index (χ4n) is 2.82. The molecule has 0 fully saturated rings. The minimum atomic E-state index is 1.05. The molecule has 0 amide bonds. The monoisotopic (exact) mass is 270 g/mol. The van der Waals surface area contributed by atoms with E-state index in [1.54, 1.807) is 0 Å². The van der Waals surface area contributed by atoms with E-state index in [1.807, 2.05) is 11.7 Å². The minimum Gasteiger partial charge on any atom is -0.378 e. The summed E-state index contributed by atoms with van der Waals surface area (Å²) in [5.74, 6) is 1.19. The third-order valence-electron chi connectivity index (χ3n) is 3.93. The van der Waals surface area contributed by atoms with Gasteiger partial charge in [-0.1, -0.05) is 12.1 Å². The van der Waals surface area contributed by atoms with Gasteiger partial charge in [-0.3, -0.25) is 4.68 Å². The van der Waals surface area contributed by atoms with Crippen LogP contribution in [-0.4, -0.2) is 30.4 Å². The Hall–Kier alpha value is -1.97. The third-order valence-corrected chi connectivity index (χ3v) is 3.93. The number of anilines is 2. The lowest BCUT2D eigenvalue weighted by Gasteiger charge is -2.13. The van der Waals surface area contributed by atoms with Gasteiger partial charge in [0, 0.05) is 44.5 Å². The minimum absolute atomic E-state index is 1.05. The van der Waals surface area contributed by atoms with Crippen molar-refractivity contribution in [2.75, 3.05) is 30.9 Å². The van der Waals surface area contributed by atoms with E-state index in [1.165, 1.54) is 35.5 Å². The molecule has 0 saturated carbocycles. The number of fused-ring (bicyclic) bond motifs is 1. The van der Waals surface area contributed by atoms with Gasteiger partial charge in [0.25, 0.3) is 0 Å². The summed E-state index contributed by atoms with van der Waals surface area (Å²) in [4.78, 5) is 2.13. The van der Waals surface area contributed by atoms with E-state index in [9.17, 15) is 0 Å². The SMILES string of the molecule is CN(C)c1cccc(-c2nn(C)c3c2CCCCN3)c1. The molecule has 1 aliphatic rings. The van der Waals surface area contributed by atoms with Crippen LogP contribution in [0.25, 0.3) is 11.3 Å². The van der Waals surface area contributed by atoms with Crippen molar-refractivity contribution in [2.45, 2.75) is 19.3 Å². The van der Waals surface area contributed by atoms with Gasteiger partial charge in [-0.25, -0.2) is 0 Å². The molecule has 1 aliphatic heterocycles. The van der Waals surface area contributed by atoms with E-state index >= 15 is 0 Å². The summed E-state index contributed by atoms with van der Waals surface area (Å²) in [5, 5.41) is 8.25. The lowest BCUT2D eigenvalue weighted by molar-refractivity contribution is 0.757. The first-order valence-corrected chi connectivity index (χ1v) is 7.24. The summed E-state index contributed by atoms with van der Waals surface area (Å²) >= 11 is 0. The highest BCUT2D eigenvalue weighted by molar-refractivity contribution is 5.72. The van der Waals surface area contributed by atoms with Gasteiger partial charge in [-0.2, -0.15) is 5.10 Å². The van der Waals surface area contributed by atoms with Crippen LogP contribution in [0.15, 0.2) is 24.3 Å². The molecule has 1 aromatic heterocycles. The summed E-state index contributed by atoms with van der Waals surface area (Å²) < 4.78 is 1.98. The van der Waals surface area contributed by atoms with Crippen LogP contribution < -0.4 is 10.2 Å². The fourth-order valence-corrected chi connectivity index (χ4v) is 2.82. The van der Waals surface area contributed by atoms with E-state index in [2.05, 4.69) is 48.6 Å². The van der Waals surface area contributed by atoms with Crippen molar-refractivity contribution in [1.82, 2.24) is 9.78 Å². The molecule has 2 heterocycles. The Balaban J connectivity index is 2.08. The zero-order valence-electron chi connectivity index (χ0n) is 12.5. The van der Waals surface area contributed by atoms with Crippen LogP contribution in [0.3, 0.4) is 0 Å². The molecule has 1 N–H and O–H groups in total. The van der Waals surface area contributed by atoms with Gasteiger partial charge in [0.05, 0.1) is 5.69 Å². The number of aryl methyl sites for hydroxylation is 1. The normalized spacial score (nSPS) is 14.3. The second-order valence-corrected chi connectivity index (χ2v) is 5.63. The van der Waals surface area contributed by atoms with E-state index < -0.39 is 0 Å². The van der Waals surface area contributed by atoms with Gasteiger partial charge >= 0.3 is 0 Å². The largest absolute Gasteiger partial charge is 0.378 e. The average Bonchev–Trinajstić information content (AvgIpc) is 2.65. The number of nitrogens with zero attached hydrogens (tertiary/aromatic N) is 3. The lowest BCUT2D eigenvalue weighted by Crippen LogP contribution is -2.08. The first kappa shape index (κ1) is 13.0. The smallest absolute Gasteiger partial charge is 0.127 e. The van der Waals surface area contributed by atoms with Crippen molar-refractivity contribution in [1.29, 1.82) is 0 Å². The predicted octanol–water partition coefficient (Wildman–Crippen LogP) is 2.90. The third kappa shape index (κ3) is 2.26. The van der Waals surface area contributed by atoms with Crippen molar-refractivity contribution in [3.05, 3.63) is 29.8 Å². The zero-order valence-corrected chi connectivity index (χ0v) is 12.5. The molecular weight excluding hydrogens is 248 g/mol. The van der Waals surface area contributed by atoms with Gasteiger partial charge in [-0.15, -0.1) is 0 Å². The number of hydrogen-bond acceptors (Lipinski definition) is 3. The van der Waals surface area contributed by atoms with Gasteiger partial charge in [0.1, 0.15) is 5.82 Å². The van der Waals surface area contributed by atoms with E-state index in [-0.39, 0.29) is 0 Å². The summed E-state index contributed by atoms with van der Waals surface area (Å²) in [7, 11) is 6.16. The number of benzene rings is 1. The molecule has 106 valence electrons. The summed E-state index contributed by atoms with van der Waals surface area (Å²) in [5.41, 5.74) is 4.90. The van der Waals surface area contributed by atoms with E-state index in [0.717, 1.165) is 18.7 Å². The van der Waals surface area contributed by atoms with Crippen molar-refractivity contribution < 1.29 is 0 Å². The quantitative estimate of drug-likeness (QED) is 0.911. The maximum atomic E-state index is 4.74. The molecule has 3 rings (SSSR count). The highest BCUT2D eigenvalue weighted by Gasteiger charge is 2.19. The molecular formula is C16H22N4. The Kier molecular flexibility index (Phi) is 3.38. The van der Waals surface area contributed by atoms with Crippen LogP contribution in [0.5, 0.6) is 0 Å². The number of nitrogens with one attached hydrogen (secondary N) is 1. The molecule has 4 nitrogen and oxygen atoms in total. The van der Waals surface area contributed by atoms with Gasteiger partial charge < -0.3 is 10.2 Å². The summed E-state index contributed by atoms with van der Waals surface area (Å²) in [6.45, 7) is 1.05. The lowest BCUT2D eigenvalue weighted by atomic mass is 10.0. The van der Waals surface area contributed by atoms with Crippen LogP contribution in [0, 0.1) is 0 Å². The van der Waals surface area contributed by atoms with Crippen LogP contribution >= 0.6 is 0 Å². The highest BCUT2D eigenvalue weighted by atomic mass is 15.3. The Bertz CT molecular complexity index is 613. The summed E-state index contributed by atoms with van der Waals surface area (Å²) in [6.07, 6.45) is 3.57. The van der Waals surface area contributed by atoms with Crippen molar-refractivity contribution in [3.8, 4) is 11.3 Å². The Morgan fingerprint density at radius 3 is 2.90 bits per heavy atom. The Morgan fingerprint density at radius 1 is 1.25 bits per heavy atom. The molecule has 20 heavy (non-hydrogen) atoms. The molecule has 2 aromatic rings. The predicted molar refractivity (Wildman–Crippen MR) is 84.4 cm³/mol. The van der Waals surface area contributed by atoms with Crippen molar-refractivity contribution in [2.24, 2.45) is 7.05 Å². The molecule has 0 unspecified atom stereocenters. The van der Waals surface area contributed by atoms with Crippen LogP contribution in [0.2, 0.25) is 0 Å². The topological polar surface area (TPSA) is 33.1 Å². The number of rotatable bonds is 2. The van der Waals surface area contributed by atoms with Gasteiger partial charge in [0.15, 0.2) is 0 Å². The molecule has 4 heteroatoms. The van der Waals surface area contributed by atoms with Gasteiger partial charge in [0.2, 0.25) is 0 Å². The van der Waals surface area contributed by atoms with Crippen LogP contribution in [0.4, 0.5) is 11.5 Å². The Morgan fingerprint density at radius 2 is 2.10 bits per heavy atom.